The molecule has 2 rings (SSSR count). The van der Waals surface area contributed by atoms with Crippen molar-refractivity contribution < 1.29 is 4.74 Å². The average molecular weight is 267 g/mol. The van der Waals surface area contributed by atoms with E-state index in [2.05, 4.69) is 5.32 Å². The molecule has 0 saturated carbocycles. The number of hydrogen-bond acceptors (Lipinski definition) is 4. The van der Waals surface area contributed by atoms with E-state index in [0.29, 0.717) is 5.69 Å². The average Bonchev–Trinajstić information content (AvgIpc) is 2.47. The maximum Gasteiger partial charge on any atom is 0.177 e. The van der Waals surface area contributed by atoms with Gasteiger partial charge in [0.25, 0.3) is 0 Å². The second kappa shape index (κ2) is 5.54. The molecule has 1 unspecified atom stereocenters. The quantitative estimate of drug-likeness (QED) is 0.507. The number of nitriles is 1. The van der Waals surface area contributed by atoms with Crippen molar-refractivity contribution in [1.82, 2.24) is 5.32 Å². The van der Waals surface area contributed by atoms with Gasteiger partial charge in [-0.1, -0.05) is 24.3 Å². The van der Waals surface area contributed by atoms with Crippen LogP contribution in [0.1, 0.15) is 18.1 Å². The fourth-order valence-electron chi connectivity index (χ4n) is 2.20. The third-order valence-corrected chi connectivity index (χ3v) is 3.44. The Morgan fingerprint density at radius 3 is 2.40 bits per heavy atom. The summed E-state index contributed by atoms with van der Waals surface area (Å²) in [5, 5.41) is 11.9. The Hall–Kier alpha value is -2.67. The second-order valence-electron chi connectivity index (χ2n) is 4.72. The molecule has 0 aliphatic rings. The molecule has 0 spiro atoms. The second-order valence-corrected chi connectivity index (χ2v) is 4.72. The van der Waals surface area contributed by atoms with Crippen LogP contribution < -0.4 is 15.8 Å². The first-order valence-corrected chi connectivity index (χ1v) is 6.27. The lowest BCUT2D eigenvalue weighted by molar-refractivity contribution is 0.414. The minimum atomic E-state index is -0.629. The maximum absolute atomic E-state index is 9.08. The van der Waals surface area contributed by atoms with Crippen molar-refractivity contribution in [2.75, 3.05) is 12.8 Å². The number of nitrogens with zero attached hydrogens (tertiary/aromatic N) is 1. The summed E-state index contributed by atoms with van der Waals surface area (Å²) in [5.74, 6) is 0.778. The smallest absolute Gasteiger partial charge is 0.177 e. The van der Waals surface area contributed by atoms with Crippen LogP contribution in [0.3, 0.4) is 0 Å². The van der Waals surface area contributed by atoms with Crippen LogP contribution in [0.4, 0.5) is 5.69 Å². The summed E-state index contributed by atoms with van der Waals surface area (Å²) in [5.41, 5.74) is 7.78. The Balaban J connectivity index is 2.50. The normalized spacial score (nSPS) is 13.1. The number of nitrogens with one attached hydrogen (secondary N) is 1. The number of nitrogen functional groups attached to an aromatic ring is 1. The van der Waals surface area contributed by atoms with E-state index in [4.69, 9.17) is 15.7 Å². The van der Waals surface area contributed by atoms with E-state index in [1.54, 1.807) is 7.11 Å². The Morgan fingerprint density at radius 1 is 1.15 bits per heavy atom. The molecule has 2 aromatic rings. The monoisotopic (exact) mass is 267 g/mol. The third-order valence-electron chi connectivity index (χ3n) is 3.44. The SMILES string of the molecule is COc1ccc(C(C)(NC#N)c2cccc(N)c2)cc1. The van der Waals surface area contributed by atoms with Crippen LogP contribution in [0.15, 0.2) is 48.5 Å². The van der Waals surface area contributed by atoms with Crippen molar-refractivity contribution >= 4 is 5.69 Å². The fourth-order valence-corrected chi connectivity index (χ4v) is 2.20. The largest absolute Gasteiger partial charge is 0.497 e. The van der Waals surface area contributed by atoms with Gasteiger partial charge in [0.05, 0.1) is 12.6 Å². The van der Waals surface area contributed by atoms with Gasteiger partial charge in [0, 0.05) is 5.69 Å². The Kier molecular flexibility index (Phi) is 3.81. The van der Waals surface area contributed by atoms with Crippen LogP contribution in [0.5, 0.6) is 5.75 Å². The first-order valence-electron chi connectivity index (χ1n) is 6.27. The minimum absolute atomic E-state index is 0.629. The van der Waals surface area contributed by atoms with Gasteiger partial charge in [0.2, 0.25) is 0 Å². The molecule has 0 radical (unpaired) electrons. The molecule has 0 bridgehead atoms. The standard InChI is InChI=1S/C16H17N3O/c1-16(19-11-17,13-4-3-5-14(18)10-13)12-6-8-15(20-2)9-7-12/h3-10,19H,18H2,1-2H3. The number of nitrogens with two attached hydrogens (primary N) is 1. The van der Waals surface area contributed by atoms with Crippen LogP contribution in [0.2, 0.25) is 0 Å². The lowest BCUT2D eigenvalue weighted by Crippen LogP contribution is -2.37. The molecule has 3 N–H and O–H groups in total. The molecule has 0 saturated heterocycles. The van der Waals surface area contributed by atoms with Gasteiger partial charge in [-0.05, 0) is 42.3 Å². The van der Waals surface area contributed by atoms with Gasteiger partial charge in [-0.25, -0.2) is 0 Å². The highest BCUT2D eigenvalue weighted by Crippen LogP contribution is 2.31. The fraction of sp³-hybridized carbons (Fsp3) is 0.188. The zero-order chi connectivity index (χ0) is 14.6. The summed E-state index contributed by atoms with van der Waals surface area (Å²) in [6.45, 7) is 1.95. The van der Waals surface area contributed by atoms with E-state index in [9.17, 15) is 0 Å². The number of ether oxygens (including phenoxy) is 1. The molecule has 0 heterocycles. The lowest BCUT2D eigenvalue weighted by atomic mass is 9.84. The summed E-state index contributed by atoms with van der Waals surface area (Å²) in [4.78, 5) is 0. The Morgan fingerprint density at radius 2 is 1.85 bits per heavy atom. The highest BCUT2D eigenvalue weighted by atomic mass is 16.5. The van der Waals surface area contributed by atoms with Crippen molar-refractivity contribution in [1.29, 1.82) is 5.26 Å². The number of rotatable bonds is 4. The van der Waals surface area contributed by atoms with Gasteiger partial charge in [-0.15, -0.1) is 0 Å². The van der Waals surface area contributed by atoms with Gasteiger partial charge in [0.15, 0.2) is 6.19 Å². The van der Waals surface area contributed by atoms with Crippen LogP contribution in [0.25, 0.3) is 0 Å². The highest BCUT2D eigenvalue weighted by Gasteiger charge is 2.28. The summed E-state index contributed by atoms with van der Waals surface area (Å²) in [7, 11) is 1.62. The van der Waals surface area contributed by atoms with Crippen molar-refractivity contribution in [2.45, 2.75) is 12.5 Å². The minimum Gasteiger partial charge on any atom is -0.497 e. The molecule has 0 fully saturated rings. The van der Waals surface area contributed by atoms with Gasteiger partial charge in [-0.3, -0.25) is 0 Å². The summed E-state index contributed by atoms with van der Waals surface area (Å²) >= 11 is 0. The molecule has 2 aromatic carbocycles. The van der Waals surface area contributed by atoms with E-state index < -0.39 is 5.54 Å². The molecule has 20 heavy (non-hydrogen) atoms. The van der Waals surface area contributed by atoms with E-state index in [1.165, 1.54) is 0 Å². The van der Waals surface area contributed by atoms with Gasteiger partial charge < -0.3 is 15.8 Å². The first-order chi connectivity index (χ1) is 9.60. The molecular weight excluding hydrogens is 250 g/mol. The zero-order valence-electron chi connectivity index (χ0n) is 11.6. The molecule has 4 nitrogen and oxygen atoms in total. The number of benzene rings is 2. The van der Waals surface area contributed by atoms with Crippen LogP contribution >= 0.6 is 0 Å². The van der Waals surface area contributed by atoms with Crippen molar-refractivity contribution in [3.05, 3.63) is 59.7 Å². The topological polar surface area (TPSA) is 71.1 Å². The van der Waals surface area contributed by atoms with Crippen LogP contribution in [-0.2, 0) is 5.54 Å². The highest BCUT2D eigenvalue weighted by molar-refractivity contribution is 5.48. The van der Waals surface area contributed by atoms with E-state index in [-0.39, 0.29) is 0 Å². The molecule has 102 valence electrons. The Labute approximate surface area is 118 Å². The molecule has 0 amide bonds. The molecule has 1 atom stereocenters. The first kappa shape index (κ1) is 13.8. The Bertz CT molecular complexity index is 631. The molecule has 4 heteroatoms. The van der Waals surface area contributed by atoms with E-state index in [1.807, 2.05) is 61.6 Å². The van der Waals surface area contributed by atoms with Gasteiger partial charge >= 0.3 is 0 Å². The van der Waals surface area contributed by atoms with Crippen LogP contribution in [-0.4, -0.2) is 7.11 Å². The predicted octanol–water partition coefficient (Wildman–Crippen LogP) is 2.61. The van der Waals surface area contributed by atoms with Crippen LogP contribution in [0, 0.1) is 11.5 Å². The summed E-state index contributed by atoms with van der Waals surface area (Å²) in [6, 6.07) is 15.1. The molecule has 0 aliphatic heterocycles. The van der Waals surface area contributed by atoms with Crippen molar-refractivity contribution in [2.24, 2.45) is 0 Å². The molecule has 0 aromatic heterocycles. The lowest BCUT2D eigenvalue weighted by Gasteiger charge is -2.29. The van der Waals surface area contributed by atoms with Crippen molar-refractivity contribution in [3.8, 4) is 11.9 Å². The van der Waals surface area contributed by atoms with E-state index >= 15 is 0 Å². The van der Waals surface area contributed by atoms with Gasteiger partial charge in [0.1, 0.15) is 5.75 Å². The molecular formula is C16H17N3O. The number of methoxy groups -OCH3 is 1. The number of anilines is 1. The maximum atomic E-state index is 9.08. The van der Waals surface area contributed by atoms with E-state index in [0.717, 1.165) is 16.9 Å². The summed E-state index contributed by atoms with van der Waals surface area (Å²) in [6.07, 6.45) is 2.03. The zero-order valence-corrected chi connectivity index (χ0v) is 11.6. The predicted molar refractivity (Wildman–Crippen MR) is 79.1 cm³/mol. The third kappa shape index (κ3) is 2.52. The van der Waals surface area contributed by atoms with Gasteiger partial charge in [-0.2, -0.15) is 5.26 Å². The summed E-state index contributed by atoms with van der Waals surface area (Å²) < 4.78 is 5.16. The van der Waals surface area contributed by atoms with Crippen molar-refractivity contribution in [3.63, 3.8) is 0 Å². The molecule has 0 aliphatic carbocycles. The number of hydrogen-bond donors (Lipinski definition) is 2.